The molecule has 1 aromatic heterocycles. The summed E-state index contributed by atoms with van der Waals surface area (Å²) in [7, 11) is 0. The van der Waals surface area contributed by atoms with Crippen LogP contribution in [-0.4, -0.2) is 29.1 Å². The molecular formula is C23H26N2O. The van der Waals surface area contributed by atoms with E-state index in [9.17, 15) is 0 Å². The van der Waals surface area contributed by atoms with Crippen molar-refractivity contribution in [3.05, 3.63) is 65.9 Å². The first-order valence-corrected chi connectivity index (χ1v) is 9.93. The summed E-state index contributed by atoms with van der Waals surface area (Å²) in [6, 6.07) is 20.3. The van der Waals surface area contributed by atoms with Crippen molar-refractivity contribution >= 4 is 10.9 Å². The molecule has 0 radical (unpaired) electrons. The first-order chi connectivity index (χ1) is 12.9. The van der Waals surface area contributed by atoms with Gasteiger partial charge in [-0.25, -0.2) is 0 Å². The third kappa shape index (κ3) is 2.80. The number of benzene rings is 2. The van der Waals surface area contributed by atoms with Crippen LogP contribution in [0.3, 0.4) is 0 Å². The van der Waals surface area contributed by atoms with Crippen LogP contribution >= 0.6 is 0 Å². The molecule has 1 saturated heterocycles. The number of hydrogen-bond acceptors (Lipinski definition) is 2. The molecule has 2 atom stereocenters. The predicted molar refractivity (Wildman–Crippen MR) is 106 cm³/mol. The summed E-state index contributed by atoms with van der Waals surface area (Å²) in [5.74, 6) is 0.981. The van der Waals surface area contributed by atoms with Crippen LogP contribution in [0.2, 0.25) is 0 Å². The van der Waals surface area contributed by atoms with Gasteiger partial charge in [0.2, 0.25) is 0 Å². The molecule has 5 rings (SSSR count). The van der Waals surface area contributed by atoms with Crippen molar-refractivity contribution in [2.45, 2.75) is 44.2 Å². The number of aromatic nitrogens is 1. The molecule has 3 heteroatoms. The first kappa shape index (κ1) is 16.0. The van der Waals surface area contributed by atoms with E-state index in [1.165, 1.54) is 48.8 Å². The van der Waals surface area contributed by atoms with E-state index in [0.29, 0.717) is 6.04 Å². The van der Waals surface area contributed by atoms with Crippen LogP contribution in [0.25, 0.3) is 10.9 Å². The van der Waals surface area contributed by atoms with Gasteiger partial charge in [0.1, 0.15) is 5.75 Å². The van der Waals surface area contributed by atoms with Gasteiger partial charge in [-0.15, -0.1) is 0 Å². The summed E-state index contributed by atoms with van der Waals surface area (Å²) in [5.41, 5.74) is 4.37. The van der Waals surface area contributed by atoms with Gasteiger partial charge in [0.25, 0.3) is 0 Å². The van der Waals surface area contributed by atoms with Gasteiger partial charge in [0.15, 0.2) is 0 Å². The van der Waals surface area contributed by atoms with Gasteiger partial charge in [-0.2, -0.15) is 0 Å². The molecular weight excluding hydrogens is 320 g/mol. The number of hydrogen-bond donors (Lipinski definition) is 1. The minimum atomic E-state index is 0.606. The summed E-state index contributed by atoms with van der Waals surface area (Å²) in [4.78, 5) is 6.45. The summed E-state index contributed by atoms with van der Waals surface area (Å²) in [6.45, 7) is 2.00. The highest BCUT2D eigenvalue weighted by atomic mass is 16.5. The number of fused-ring (bicyclic) bond motifs is 6. The largest absolute Gasteiger partial charge is 0.494 e. The third-order valence-electron chi connectivity index (χ3n) is 6.07. The van der Waals surface area contributed by atoms with Gasteiger partial charge >= 0.3 is 0 Å². The zero-order valence-electron chi connectivity index (χ0n) is 15.2. The van der Waals surface area contributed by atoms with Crippen LogP contribution < -0.4 is 4.74 Å². The van der Waals surface area contributed by atoms with E-state index in [0.717, 1.165) is 24.8 Å². The van der Waals surface area contributed by atoms with E-state index < -0.39 is 0 Å². The number of aromatic amines is 1. The fourth-order valence-electron chi connectivity index (χ4n) is 4.90. The Morgan fingerprint density at radius 3 is 2.73 bits per heavy atom. The molecule has 2 aromatic carbocycles. The molecule has 134 valence electrons. The Hall–Kier alpha value is -2.26. The summed E-state index contributed by atoms with van der Waals surface area (Å²) in [5, 5.41) is 1.44. The topological polar surface area (TPSA) is 28.3 Å². The lowest BCUT2D eigenvalue weighted by Gasteiger charge is -2.35. The lowest BCUT2D eigenvalue weighted by molar-refractivity contribution is 0.169. The molecule has 0 saturated carbocycles. The summed E-state index contributed by atoms with van der Waals surface area (Å²) >= 11 is 0. The lowest BCUT2D eigenvalue weighted by atomic mass is 9.96. The molecule has 26 heavy (non-hydrogen) atoms. The molecule has 1 fully saturated rings. The quantitative estimate of drug-likeness (QED) is 0.630. The molecule has 0 spiro atoms. The molecule has 2 unspecified atom stereocenters. The van der Waals surface area contributed by atoms with E-state index in [1.54, 1.807) is 5.56 Å². The van der Waals surface area contributed by atoms with Crippen LogP contribution in [0.4, 0.5) is 0 Å². The van der Waals surface area contributed by atoms with Gasteiger partial charge in [-0.3, -0.25) is 4.90 Å². The fraction of sp³-hybridized carbons (Fsp3) is 0.391. The van der Waals surface area contributed by atoms with Crippen LogP contribution in [0.1, 0.15) is 43.0 Å². The maximum Gasteiger partial charge on any atom is 0.119 e. The Balaban J connectivity index is 1.22. The minimum Gasteiger partial charge on any atom is -0.494 e. The molecule has 2 bridgehead atoms. The standard InChI is InChI=1S/C23H26N2O/c1-2-8-18(9-3-1)26-15-7-6-14-25-17-12-13-22(25)23-19-10-4-5-11-20(19)24-21(23)16-17/h1-5,8-11,17,22,24H,6-7,12-16H2. The van der Waals surface area contributed by atoms with Gasteiger partial charge in [0, 0.05) is 35.1 Å². The SMILES string of the molecule is c1ccc(OCCCCN2C3CCC2c2c([nH]c4ccccc24)C3)cc1. The average molecular weight is 346 g/mol. The van der Waals surface area contributed by atoms with E-state index >= 15 is 0 Å². The Morgan fingerprint density at radius 1 is 0.962 bits per heavy atom. The van der Waals surface area contributed by atoms with Gasteiger partial charge in [-0.05, 0) is 56.0 Å². The molecule has 1 N–H and O–H groups in total. The third-order valence-corrected chi connectivity index (χ3v) is 6.07. The fourth-order valence-corrected chi connectivity index (χ4v) is 4.90. The van der Waals surface area contributed by atoms with E-state index in [1.807, 2.05) is 30.3 Å². The van der Waals surface area contributed by atoms with Crippen molar-refractivity contribution in [1.82, 2.24) is 9.88 Å². The highest BCUT2D eigenvalue weighted by molar-refractivity contribution is 5.85. The molecule has 3 nitrogen and oxygen atoms in total. The Morgan fingerprint density at radius 2 is 1.81 bits per heavy atom. The van der Waals surface area contributed by atoms with Crippen molar-refractivity contribution in [2.75, 3.05) is 13.2 Å². The number of nitrogens with one attached hydrogen (secondary N) is 1. The summed E-state index contributed by atoms with van der Waals surface area (Å²) < 4.78 is 5.84. The van der Waals surface area contributed by atoms with Crippen molar-refractivity contribution < 1.29 is 4.74 Å². The Kier molecular flexibility index (Phi) is 4.18. The van der Waals surface area contributed by atoms with Gasteiger partial charge < -0.3 is 9.72 Å². The van der Waals surface area contributed by atoms with Crippen molar-refractivity contribution in [3.63, 3.8) is 0 Å². The maximum atomic E-state index is 5.84. The predicted octanol–water partition coefficient (Wildman–Crippen LogP) is 5.09. The normalized spacial score (nSPS) is 21.8. The Labute approximate surface area is 155 Å². The molecule has 3 heterocycles. The van der Waals surface area contributed by atoms with Crippen LogP contribution in [0, 0.1) is 0 Å². The number of ether oxygens (including phenoxy) is 1. The number of para-hydroxylation sites is 2. The van der Waals surface area contributed by atoms with Gasteiger partial charge in [-0.1, -0.05) is 36.4 Å². The maximum absolute atomic E-state index is 5.84. The van der Waals surface area contributed by atoms with Crippen molar-refractivity contribution in [3.8, 4) is 5.75 Å². The van der Waals surface area contributed by atoms with Crippen LogP contribution in [-0.2, 0) is 6.42 Å². The zero-order valence-corrected chi connectivity index (χ0v) is 15.2. The van der Waals surface area contributed by atoms with Crippen molar-refractivity contribution in [2.24, 2.45) is 0 Å². The molecule has 0 aliphatic carbocycles. The lowest BCUT2D eigenvalue weighted by Crippen LogP contribution is -2.38. The number of nitrogens with zero attached hydrogens (tertiary/aromatic N) is 1. The molecule has 3 aromatic rings. The zero-order chi connectivity index (χ0) is 17.3. The molecule has 2 aliphatic heterocycles. The highest BCUT2D eigenvalue weighted by Crippen LogP contribution is 2.46. The van der Waals surface area contributed by atoms with E-state index in [-0.39, 0.29) is 0 Å². The first-order valence-electron chi connectivity index (χ1n) is 9.93. The molecule has 2 aliphatic rings. The second-order valence-electron chi connectivity index (χ2n) is 7.62. The van der Waals surface area contributed by atoms with Crippen molar-refractivity contribution in [1.29, 1.82) is 0 Å². The van der Waals surface area contributed by atoms with Crippen LogP contribution in [0.5, 0.6) is 5.75 Å². The van der Waals surface area contributed by atoms with E-state index in [4.69, 9.17) is 4.74 Å². The second-order valence-corrected chi connectivity index (χ2v) is 7.62. The monoisotopic (exact) mass is 346 g/mol. The number of unbranched alkanes of at least 4 members (excludes halogenated alkanes) is 1. The second kappa shape index (κ2) is 6.81. The average Bonchev–Trinajstić information content (AvgIpc) is 3.18. The highest BCUT2D eigenvalue weighted by Gasteiger charge is 2.41. The van der Waals surface area contributed by atoms with Crippen LogP contribution in [0.15, 0.2) is 54.6 Å². The smallest absolute Gasteiger partial charge is 0.119 e. The van der Waals surface area contributed by atoms with Gasteiger partial charge in [0.05, 0.1) is 6.61 Å². The number of rotatable bonds is 6. The van der Waals surface area contributed by atoms with E-state index in [2.05, 4.69) is 34.1 Å². The summed E-state index contributed by atoms with van der Waals surface area (Å²) in [6.07, 6.45) is 6.15. The Bertz CT molecular complexity index is 886. The molecule has 0 amide bonds. The number of H-pyrrole nitrogens is 1. The minimum absolute atomic E-state index is 0.606.